The van der Waals surface area contributed by atoms with E-state index in [1.165, 1.54) is 6.08 Å². The van der Waals surface area contributed by atoms with Gasteiger partial charge in [0.25, 0.3) is 0 Å². The third-order valence-electron chi connectivity index (χ3n) is 2.91. The number of hydrogen-bond donors (Lipinski definition) is 0. The molecule has 2 rings (SSSR count). The predicted molar refractivity (Wildman–Crippen MR) is 89.5 cm³/mol. The summed E-state index contributed by atoms with van der Waals surface area (Å²) in [5.74, 6) is 1.17. The molecule has 2 aromatic rings. The zero-order valence-electron chi connectivity index (χ0n) is 12.4. The molecule has 4 nitrogen and oxygen atoms in total. The van der Waals surface area contributed by atoms with Crippen LogP contribution in [0.15, 0.2) is 47.2 Å². The number of pyridine rings is 1. The Morgan fingerprint density at radius 3 is 2.86 bits per heavy atom. The molecule has 0 unspecified atom stereocenters. The number of methoxy groups -OCH3 is 1. The second-order valence-electron chi connectivity index (χ2n) is 4.41. The Morgan fingerprint density at radius 1 is 1.41 bits per heavy atom. The number of rotatable bonds is 6. The van der Waals surface area contributed by atoms with Crippen LogP contribution in [0, 0.1) is 0 Å². The monoisotopic (exact) mass is 361 g/mol. The Balaban J connectivity index is 2.24. The molecule has 1 aromatic carbocycles. The lowest BCUT2D eigenvalue weighted by molar-refractivity contribution is 0.104. The smallest absolute Gasteiger partial charge is 0.187 e. The van der Waals surface area contributed by atoms with Crippen molar-refractivity contribution in [3.8, 4) is 11.5 Å². The number of ether oxygens (including phenoxy) is 2. The van der Waals surface area contributed by atoms with Crippen LogP contribution in [0.5, 0.6) is 11.5 Å². The SMILES string of the molecule is CCOc1c(Br)cc(C=CC(=O)c2cccnc2)cc1OC. The van der Waals surface area contributed by atoms with Gasteiger partial charge in [-0.05, 0) is 58.8 Å². The van der Waals surface area contributed by atoms with E-state index in [4.69, 9.17) is 9.47 Å². The number of ketones is 1. The molecule has 1 heterocycles. The number of carbonyl (C=O) groups excluding carboxylic acids is 1. The van der Waals surface area contributed by atoms with Crippen molar-refractivity contribution in [1.82, 2.24) is 4.98 Å². The van der Waals surface area contributed by atoms with Crippen LogP contribution >= 0.6 is 15.9 Å². The Labute approximate surface area is 137 Å². The molecule has 5 heteroatoms. The van der Waals surface area contributed by atoms with Crippen molar-refractivity contribution >= 4 is 27.8 Å². The number of aromatic nitrogens is 1. The highest BCUT2D eigenvalue weighted by molar-refractivity contribution is 9.10. The lowest BCUT2D eigenvalue weighted by Gasteiger charge is -2.12. The Bertz CT molecular complexity index is 684. The minimum absolute atomic E-state index is 0.0999. The fourth-order valence-electron chi connectivity index (χ4n) is 1.90. The number of benzene rings is 1. The molecular weight excluding hydrogens is 346 g/mol. The summed E-state index contributed by atoms with van der Waals surface area (Å²) >= 11 is 3.46. The van der Waals surface area contributed by atoms with E-state index in [1.54, 1.807) is 37.7 Å². The average molecular weight is 362 g/mol. The van der Waals surface area contributed by atoms with Gasteiger partial charge in [-0.15, -0.1) is 0 Å². The molecule has 0 bridgehead atoms. The summed E-state index contributed by atoms with van der Waals surface area (Å²) in [6, 6.07) is 7.16. The normalized spacial score (nSPS) is 10.7. The van der Waals surface area contributed by atoms with Gasteiger partial charge in [0.05, 0.1) is 18.2 Å². The second kappa shape index (κ2) is 7.75. The summed E-state index contributed by atoms with van der Waals surface area (Å²) in [4.78, 5) is 16.0. The summed E-state index contributed by atoms with van der Waals surface area (Å²) in [6.07, 6.45) is 6.42. The Kier molecular flexibility index (Phi) is 5.72. The Morgan fingerprint density at radius 2 is 2.23 bits per heavy atom. The van der Waals surface area contributed by atoms with Gasteiger partial charge in [0.2, 0.25) is 0 Å². The molecule has 114 valence electrons. The maximum Gasteiger partial charge on any atom is 0.187 e. The third-order valence-corrected chi connectivity index (χ3v) is 3.50. The van der Waals surface area contributed by atoms with E-state index in [0.29, 0.717) is 23.7 Å². The summed E-state index contributed by atoms with van der Waals surface area (Å²) < 4.78 is 11.6. The summed E-state index contributed by atoms with van der Waals surface area (Å²) in [6.45, 7) is 2.45. The highest BCUT2D eigenvalue weighted by Gasteiger charge is 2.10. The molecule has 0 saturated heterocycles. The van der Waals surface area contributed by atoms with Crippen LogP contribution in [0.1, 0.15) is 22.8 Å². The van der Waals surface area contributed by atoms with Gasteiger partial charge in [0.15, 0.2) is 17.3 Å². The lowest BCUT2D eigenvalue weighted by atomic mass is 10.1. The molecule has 0 aliphatic heterocycles. The summed E-state index contributed by atoms with van der Waals surface area (Å²) in [5, 5.41) is 0. The average Bonchev–Trinajstić information content (AvgIpc) is 2.55. The number of carbonyl (C=O) groups is 1. The first-order chi connectivity index (χ1) is 10.7. The molecule has 0 amide bonds. The van der Waals surface area contributed by atoms with Crippen molar-refractivity contribution in [2.45, 2.75) is 6.92 Å². The van der Waals surface area contributed by atoms with Gasteiger partial charge in [-0.2, -0.15) is 0 Å². The molecule has 0 aliphatic rings. The van der Waals surface area contributed by atoms with Crippen molar-refractivity contribution in [2.24, 2.45) is 0 Å². The van der Waals surface area contributed by atoms with Crippen LogP contribution in [-0.2, 0) is 0 Å². The van der Waals surface area contributed by atoms with E-state index in [1.807, 2.05) is 19.1 Å². The summed E-state index contributed by atoms with van der Waals surface area (Å²) in [5.41, 5.74) is 1.39. The van der Waals surface area contributed by atoms with Crippen molar-refractivity contribution < 1.29 is 14.3 Å². The molecule has 0 fully saturated rings. The largest absolute Gasteiger partial charge is 0.493 e. The fourth-order valence-corrected chi connectivity index (χ4v) is 2.47. The van der Waals surface area contributed by atoms with E-state index in [2.05, 4.69) is 20.9 Å². The van der Waals surface area contributed by atoms with E-state index in [-0.39, 0.29) is 5.78 Å². The van der Waals surface area contributed by atoms with E-state index >= 15 is 0 Å². The first-order valence-corrected chi connectivity index (χ1v) is 7.57. The van der Waals surface area contributed by atoms with Crippen LogP contribution in [0.3, 0.4) is 0 Å². The number of nitrogens with zero attached hydrogens (tertiary/aromatic N) is 1. The highest BCUT2D eigenvalue weighted by atomic mass is 79.9. The number of halogens is 1. The molecule has 0 radical (unpaired) electrons. The zero-order chi connectivity index (χ0) is 15.9. The van der Waals surface area contributed by atoms with E-state index < -0.39 is 0 Å². The molecule has 0 spiro atoms. The highest BCUT2D eigenvalue weighted by Crippen LogP contribution is 2.37. The van der Waals surface area contributed by atoms with E-state index in [9.17, 15) is 4.79 Å². The maximum atomic E-state index is 12.0. The molecular formula is C17H16BrNO3. The van der Waals surface area contributed by atoms with Crippen LogP contribution in [0.4, 0.5) is 0 Å². The minimum atomic E-state index is -0.0999. The Hall–Kier alpha value is -2.14. The van der Waals surface area contributed by atoms with E-state index in [0.717, 1.165) is 10.0 Å². The van der Waals surface area contributed by atoms with Crippen molar-refractivity contribution in [1.29, 1.82) is 0 Å². The van der Waals surface area contributed by atoms with Gasteiger partial charge in [0.1, 0.15) is 0 Å². The van der Waals surface area contributed by atoms with Crippen LogP contribution < -0.4 is 9.47 Å². The van der Waals surface area contributed by atoms with Crippen LogP contribution in [0.2, 0.25) is 0 Å². The fraction of sp³-hybridized carbons (Fsp3) is 0.176. The van der Waals surface area contributed by atoms with Crippen LogP contribution in [0.25, 0.3) is 6.08 Å². The maximum absolute atomic E-state index is 12.0. The topological polar surface area (TPSA) is 48.4 Å². The zero-order valence-corrected chi connectivity index (χ0v) is 14.0. The lowest BCUT2D eigenvalue weighted by Crippen LogP contribution is -1.97. The van der Waals surface area contributed by atoms with Gasteiger partial charge >= 0.3 is 0 Å². The van der Waals surface area contributed by atoms with Gasteiger partial charge in [-0.3, -0.25) is 9.78 Å². The number of allylic oxidation sites excluding steroid dienone is 1. The minimum Gasteiger partial charge on any atom is -0.493 e. The van der Waals surface area contributed by atoms with Gasteiger partial charge < -0.3 is 9.47 Å². The molecule has 0 aliphatic carbocycles. The van der Waals surface area contributed by atoms with Crippen molar-refractivity contribution in [2.75, 3.05) is 13.7 Å². The molecule has 0 N–H and O–H groups in total. The second-order valence-corrected chi connectivity index (χ2v) is 5.26. The quantitative estimate of drug-likeness (QED) is 0.572. The third kappa shape index (κ3) is 3.95. The van der Waals surface area contributed by atoms with Gasteiger partial charge in [0, 0.05) is 18.0 Å². The molecule has 0 saturated carbocycles. The van der Waals surface area contributed by atoms with Gasteiger partial charge in [-0.25, -0.2) is 0 Å². The number of hydrogen-bond acceptors (Lipinski definition) is 4. The standard InChI is InChI=1S/C17H16BrNO3/c1-3-22-17-14(18)9-12(10-16(17)21-2)6-7-15(20)13-5-4-8-19-11-13/h4-11H,3H2,1-2H3. The first kappa shape index (κ1) is 16.2. The predicted octanol–water partition coefficient (Wildman–Crippen LogP) is 4.15. The molecule has 1 aromatic heterocycles. The molecule has 0 atom stereocenters. The first-order valence-electron chi connectivity index (χ1n) is 6.78. The van der Waals surface area contributed by atoms with Crippen molar-refractivity contribution in [3.63, 3.8) is 0 Å². The summed E-state index contributed by atoms with van der Waals surface area (Å²) in [7, 11) is 1.58. The van der Waals surface area contributed by atoms with Gasteiger partial charge in [-0.1, -0.05) is 6.08 Å². The molecule has 22 heavy (non-hydrogen) atoms. The van der Waals surface area contributed by atoms with Crippen LogP contribution in [-0.4, -0.2) is 24.5 Å². The van der Waals surface area contributed by atoms with Crippen molar-refractivity contribution in [3.05, 3.63) is 58.3 Å².